The summed E-state index contributed by atoms with van der Waals surface area (Å²) in [6.07, 6.45) is 1.71. The van der Waals surface area contributed by atoms with Crippen molar-refractivity contribution in [1.82, 2.24) is 4.90 Å². The Morgan fingerprint density at radius 2 is 1.92 bits per heavy atom. The fraction of sp³-hybridized carbons (Fsp3) is 0.529. The van der Waals surface area contributed by atoms with E-state index in [0.717, 1.165) is 25.0 Å². The van der Waals surface area contributed by atoms with Gasteiger partial charge in [-0.2, -0.15) is 0 Å². The van der Waals surface area contributed by atoms with E-state index < -0.39 is 17.6 Å². The van der Waals surface area contributed by atoms with Gasteiger partial charge < -0.3 is 14.7 Å². The number of halogens is 2. The molecule has 1 heterocycles. The van der Waals surface area contributed by atoms with Crippen molar-refractivity contribution in [3.8, 4) is 0 Å². The number of carboxylic acids is 1. The number of hydrogen-bond acceptors (Lipinski definition) is 3. The number of aliphatic carboxylic acids is 1. The van der Waals surface area contributed by atoms with Crippen molar-refractivity contribution in [1.29, 1.82) is 0 Å². The van der Waals surface area contributed by atoms with Gasteiger partial charge in [-0.3, -0.25) is 9.59 Å². The van der Waals surface area contributed by atoms with Crippen LogP contribution in [0, 0.1) is 17.6 Å². The van der Waals surface area contributed by atoms with Gasteiger partial charge in [-0.1, -0.05) is 6.07 Å². The van der Waals surface area contributed by atoms with E-state index in [2.05, 4.69) is 0 Å². The van der Waals surface area contributed by atoms with Gasteiger partial charge in [0.2, 0.25) is 5.91 Å². The first kappa shape index (κ1) is 18.3. The number of hydrogen-bond donors (Lipinski definition) is 1. The second kappa shape index (κ2) is 8.73. The second-order valence-corrected chi connectivity index (χ2v) is 5.97. The molecule has 7 heteroatoms. The number of carbonyl (C=O) groups excluding carboxylic acids is 1. The summed E-state index contributed by atoms with van der Waals surface area (Å²) in [6.45, 7) is 1.34. The number of ether oxygens (including phenoxy) is 1. The lowest BCUT2D eigenvalue weighted by Crippen LogP contribution is -2.34. The van der Waals surface area contributed by atoms with Crippen molar-refractivity contribution in [3.63, 3.8) is 0 Å². The van der Waals surface area contributed by atoms with Gasteiger partial charge in [-0.25, -0.2) is 8.78 Å². The molecule has 1 N–H and O–H groups in total. The van der Waals surface area contributed by atoms with E-state index in [1.165, 1.54) is 11.0 Å². The zero-order valence-electron chi connectivity index (χ0n) is 13.3. The van der Waals surface area contributed by atoms with Gasteiger partial charge in [-0.05, 0) is 36.5 Å². The number of carboxylic acid groups (broad SMARTS) is 1. The molecule has 0 unspecified atom stereocenters. The Morgan fingerprint density at radius 3 is 2.54 bits per heavy atom. The topological polar surface area (TPSA) is 66.8 Å². The SMILES string of the molecule is O=C(O)CCN(Cc1ccc(F)c(F)c1)C(=O)CC1CCOCC1. The summed E-state index contributed by atoms with van der Waals surface area (Å²) in [4.78, 5) is 24.7. The monoisotopic (exact) mass is 341 g/mol. The van der Waals surface area contributed by atoms with E-state index in [-0.39, 0.29) is 31.3 Å². The molecule has 0 saturated carbocycles. The lowest BCUT2D eigenvalue weighted by Gasteiger charge is -2.27. The molecule has 0 bridgehead atoms. The summed E-state index contributed by atoms with van der Waals surface area (Å²) in [5, 5.41) is 8.85. The third-order valence-corrected chi connectivity index (χ3v) is 4.11. The van der Waals surface area contributed by atoms with E-state index in [4.69, 9.17) is 9.84 Å². The Bertz CT molecular complexity index is 588. The van der Waals surface area contributed by atoms with Crippen LogP contribution in [0.25, 0.3) is 0 Å². The van der Waals surface area contributed by atoms with Gasteiger partial charge >= 0.3 is 5.97 Å². The lowest BCUT2D eigenvalue weighted by molar-refractivity contribution is -0.139. The van der Waals surface area contributed by atoms with Crippen molar-refractivity contribution >= 4 is 11.9 Å². The number of carbonyl (C=O) groups is 2. The van der Waals surface area contributed by atoms with E-state index in [9.17, 15) is 18.4 Å². The highest BCUT2D eigenvalue weighted by atomic mass is 19.2. The Balaban J connectivity index is 2.03. The minimum Gasteiger partial charge on any atom is -0.481 e. The lowest BCUT2D eigenvalue weighted by atomic mass is 9.96. The summed E-state index contributed by atoms with van der Waals surface area (Å²) in [7, 11) is 0. The molecule has 1 aromatic rings. The zero-order valence-corrected chi connectivity index (χ0v) is 13.3. The standard InChI is InChI=1S/C17H21F2NO4/c18-14-2-1-13(9-15(14)19)11-20(6-3-17(22)23)16(21)10-12-4-7-24-8-5-12/h1-2,9,12H,3-8,10-11H2,(H,22,23). The Hall–Kier alpha value is -2.02. The molecule has 1 aromatic carbocycles. The molecular formula is C17H21F2NO4. The summed E-state index contributed by atoms with van der Waals surface area (Å²) in [5.74, 6) is -2.91. The van der Waals surface area contributed by atoms with Gasteiger partial charge in [0.1, 0.15) is 0 Å². The van der Waals surface area contributed by atoms with Crippen molar-refractivity contribution in [2.24, 2.45) is 5.92 Å². The third-order valence-electron chi connectivity index (χ3n) is 4.11. The van der Waals surface area contributed by atoms with Crippen LogP contribution in [0.3, 0.4) is 0 Å². The predicted molar refractivity (Wildman–Crippen MR) is 82.2 cm³/mol. The van der Waals surface area contributed by atoms with Gasteiger partial charge in [0.25, 0.3) is 0 Å². The maximum Gasteiger partial charge on any atom is 0.305 e. The van der Waals surface area contributed by atoms with Crippen LogP contribution < -0.4 is 0 Å². The number of nitrogens with zero attached hydrogens (tertiary/aromatic N) is 1. The molecule has 2 rings (SSSR count). The first-order valence-electron chi connectivity index (χ1n) is 7.97. The minimum absolute atomic E-state index is 0.0381. The first-order chi connectivity index (χ1) is 11.5. The van der Waals surface area contributed by atoms with E-state index in [1.54, 1.807) is 0 Å². The van der Waals surface area contributed by atoms with Gasteiger partial charge in [0, 0.05) is 32.7 Å². The maximum atomic E-state index is 13.3. The fourth-order valence-electron chi connectivity index (χ4n) is 2.71. The van der Waals surface area contributed by atoms with Crippen LogP contribution >= 0.6 is 0 Å². The van der Waals surface area contributed by atoms with E-state index in [0.29, 0.717) is 25.2 Å². The van der Waals surface area contributed by atoms with Crippen LogP contribution in [0.1, 0.15) is 31.2 Å². The highest BCUT2D eigenvalue weighted by molar-refractivity contribution is 5.77. The van der Waals surface area contributed by atoms with Crippen LogP contribution in [0.15, 0.2) is 18.2 Å². The van der Waals surface area contributed by atoms with Gasteiger partial charge in [0.05, 0.1) is 6.42 Å². The normalized spacial score (nSPS) is 15.2. The molecule has 1 fully saturated rings. The quantitative estimate of drug-likeness (QED) is 0.828. The first-order valence-corrected chi connectivity index (χ1v) is 7.97. The van der Waals surface area contributed by atoms with Gasteiger partial charge in [-0.15, -0.1) is 0 Å². The van der Waals surface area contributed by atoms with Crippen molar-refractivity contribution < 1.29 is 28.2 Å². The summed E-state index contributed by atoms with van der Waals surface area (Å²) >= 11 is 0. The fourth-order valence-corrected chi connectivity index (χ4v) is 2.71. The van der Waals surface area contributed by atoms with Crippen LogP contribution in [0.2, 0.25) is 0 Å². The van der Waals surface area contributed by atoms with Crippen molar-refractivity contribution in [2.75, 3.05) is 19.8 Å². The molecular weight excluding hydrogens is 320 g/mol. The number of benzene rings is 1. The molecule has 0 aliphatic carbocycles. The van der Waals surface area contributed by atoms with Crippen molar-refractivity contribution in [3.05, 3.63) is 35.4 Å². The molecule has 132 valence electrons. The molecule has 0 spiro atoms. The van der Waals surface area contributed by atoms with Crippen LogP contribution in [0.5, 0.6) is 0 Å². The highest BCUT2D eigenvalue weighted by Gasteiger charge is 2.22. The smallest absolute Gasteiger partial charge is 0.305 e. The summed E-state index contributed by atoms with van der Waals surface area (Å²) in [6, 6.07) is 3.43. The largest absolute Gasteiger partial charge is 0.481 e. The molecule has 0 radical (unpaired) electrons. The molecule has 0 atom stereocenters. The highest BCUT2D eigenvalue weighted by Crippen LogP contribution is 2.20. The zero-order chi connectivity index (χ0) is 17.5. The maximum absolute atomic E-state index is 13.3. The Morgan fingerprint density at radius 1 is 1.21 bits per heavy atom. The molecule has 5 nitrogen and oxygen atoms in total. The van der Waals surface area contributed by atoms with Crippen LogP contribution in [-0.2, 0) is 20.9 Å². The van der Waals surface area contributed by atoms with Crippen molar-refractivity contribution in [2.45, 2.75) is 32.2 Å². The van der Waals surface area contributed by atoms with E-state index in [1.807, 2.05) is 0 Å². The average Bonchev–Trinajstić information content (AvgIpc) is 2.55. The molecule has 1 amide bonds. The summed E-state index contributed by atoms with van der Waals surface area (Å²) in [5.41, 5.74) is 0.430. The summed E-state index contributed by atoms with van der Waals surface area (Å²) < 4.78 is 31.6. The Kier molecular flexibility index (Phi) is 6.66. The molecule has 0 aromatic heterocycles. The third kappa shape index (κ3) is 5.56. The second-order valence-electron chi connectivity index (χ2n) is 5.97. The molecule has 1 aliphatic rings. The average molecular weight is 341 g/mol. The molecule has 24 heavy (non-hydrogen) atoms. The minimum atomic E-state index is -1.01. The van der Waals surface area contributed by atoms with Gasteiger partial charge in [0.15, 0.2) is 11.6 Å². The Labute approximate surface area is 139 Å². The van der Waals surface area contributed by atoms with Crippen LogP contribution in [-0.4, -0.2) is 41.6 Å². The number of amides is 1. The van der Waals surface area contributed by atoms with Crippen LogP contribution in [0.4, 0.5) is 8.78 Å². The van der Waals surface area contributed by atoms with E-state index >= 15 is 0 Å². The predicted octanol–water partition coefficient (Wildman–Crippen LogP) is 2.58. The molecule has 1 aliphatic heterocycles. The molecule has 1 saturated heterocycles. The number of rotatable bonds is 7.